The van der Waals surface area contributed by atoms with Gasteiger partial charge < -0.3 is 5.73 Å². The summed E-state index contributed by atoms with van der Waals surface area (Å²) in [4.78, 5) is 4.05. The Balaban J connectivity index is 0.000000810. The van der Waals surface area contributed by atoms with Crippen molar-refractivity contribution in [3.05, 3.63) is 30.1 Å². The van der Waals surface area contributed by atoms with E-state index in [-0.39, 0.29) is 18.4 Å². The molecule has 0 aliphatic heterocycles. The first kappa shape index (κ1) is 9.40. The maximum Gasteiger partial charge on any atom is 0.0568 e. The lowest BCUT2D eigenvalue weighted by Crippen LogP contribution is -2.06. The van der Waals surface area contributed by atoms with Crippen molar-refractivity contribution in [2.75, 3.05) is 0 Å². The molecular weight excluding hydrogens is 148 g/mol. The second-order valence-corrected chi connectivity index (χ2v) is 2.04. The molecule has 1 aromatic heterocycles. The molecule has 1 heterocycles. The van der Waals surface area contributed by atoms with Gasteiger partial charge in [0.25, 0.3) is 0 Å². The van der Waals surface area contributed by atoms with Crippen molar-refractivity contribution in [2.45, 2.75) is 13.0 Å². The second kappa shape index (κ2) is 4.25. The van der Waals surface area contributed by atoms with E-state index < -0.39 is 0 Å². The van der Waals surface area contributed by atoms with Crippen molar-refractivity contribution in [2.24, 2.45) is 5.73 Å². The molecule has 0 aliphatic rings. The molecule has 0 radical (unpaired) electrons. The zero-order valence-corrected chi connectivity index (χ0v) is 6.64. The minimum absolute atomic E-state index is 0. The van der Waals surface area contributed by atoms with Crippen molar-refractivity contribution in [3.63, 3.8) is 0 Å². The first-order chi connectivity index (χ1) is 4.30. The SMILES string of the molecule is C[C@H](N)c1ccccn1.Cl. The molecule has 3 heteroatoms. The fraction of sp³-hybridized carbons (Fsp3) is 0.286. The summed E-state index contributed by atoms with van der Waals surface area (Å²) in [5, 5.41) is 0. The van der Waals surface area contributed by atoms with Gasteiger partial charge in [-0.3, -0.25) is 4.98 Å². The first-order valence-corrected chi connectivity index (χ1v) is 2.97. The van der Waals surface area contributed by atoms with Crippen LogP contribution in [0.5, 0.6) is 0 Å². The minimum atomic E-state index is 0. The third-order valence-corrected chi connectivity index (χ3v) is 1.15. The third-order valence-electron chi connectivity index (χ3n) is 1.15. The van der Waals surface area contributed by atoms with Gasteiger partial charge in [-0.15, -0.1) is 12.4 Å². The summed E-state index contributed by atoms with van der Waals surface area (Å²) in [7, 11) is 0. The molecule has 0 fully saturated rings. The quantitative estimate of drug-likeness (QED) is 0.673. The summed E-state index contributed by atoms with van der Waals surface area (Å²) in [6.45, 7) is 1.92. The maximum absolute atomic E-state index is 5.55. The lowest BCUT2D eigenvalue weighted by Gasteiger charge is -2.00. The van der Waals surface area contributed by atoms with Crippen LogP contribution in [0.4, 0.5) is 0 Å². The van der Waals surface area contributed by atoms with Gasteiger partial charge in [-0.2, -0.15) is 0 Å². The summed E-state index contributed by atoms with van der Waals surface area (Å²) < 4.78 is 0. The minimum Gasteiger partial charge on any atom is -0.323 e. The zero-order valence-electron chi connectivity index (χ0n) is 5.82. The standard InChI is InChI=1S/C7H10N2.ClH/c1-6(8)7-4-2-3-5-9-7;/h2-6H,8H2,1H3;1H/t6-;/m0./s1. The van der Waals surface area contributed by atoms with Crippen LogP contribution in [0.15, 0.2) is 24.4 Å². The molecule has 1 atom stereocenters. The van der Waals surface area contributed by atoms with Gasteiger partial charge in [-0.05, 0) is 19.1 Å². The van der Waals surface area contributed by atoms with E-state index in [0.717, 1.165) is 5.69 Å². The maximum atomic E-state index is 5.55. The van der Waals surface area contributed by atoms with E-state index >= 15 is 0 Å². The molecule has 2 nitrogen and oxygen atoms in total. The van der Waals surface area contributed by atoms with Crippen molar-refractivity contribution >= 4 is 12.4 Å². The second-order valence-electron chi connectivity index (χ2n) is 2.04. The molecule has 10 heavy (non-hydrogen) atoms. The van der Waals surface area contributed by atoms with Crippen LogP contribution in [0, 0.1) is 0 Å². The Hall–Kier alpha value is -0.600. The van der Waals surface area contributed by atoms with Gasteiger partial charge in [0.05, 0.1) is 5.69 Å². The molecule has 0 bridgehead atoms. The van der Waals surface area contributed by atoms with Crippen molar-refractivity contribution in [1.29, 1.82) is 0 Å². The lowest BCUT2D eigenvalue weighted by molar-refractivity contribution is 0.781. The highest BCUT2D eigenvalue weighted by Crippen LogP contribution is 2.02. The highest BCUT2D eigenvalue weighted by Gasteiger charge is 1.95. The summed E-state index contributed by atoms with van der Waals surface area (Å²) in [6.07, 6.45) is 1.75. The summed E-state index contributed by atoms with van der Waals surface area (Å²) >= 11 is 0. The predicted octanol–water partition coefficient (Wildman–Crippen LogP) is 1.52. The molecule has 0 aliphatic carbocycles. The Morgan fingerprint density at radius 3 is 2.50 bits per heavy atom. The van der Waals surface area contributed by atoms with Gasteiger partial charge in [-0.1, -0.05) is 6.07 Å². The van der Waals surface area contributed by atoms with Gasteiger partial charge in [0, 0.05) is 12.2 Å². The van der Waals surface area contributed by atoms with Crippen LogP contribution >= 0.6 is 12.4 Å². The Kier molecular flexibility index (Phi) is 4.00. The highest BCUT2D eigenvalue weighted by molar-refractivity contribution is 5.85. The number of halogens is 1. The number of rotatable bonds is 1. The fourth-order valence-corrected chi connectivity index (χ4v) is 0.645. The van der Waals surface area contributed by atoms with Crippen molar-refractivity contribution < 1.29 is 0 Å². The number of nitrogens with zero attached hydrogens (tertiary/aromatic N) is 1. The molecule has 0 unspecified atom stereocenters. The monoisotopic (exact) mass is 158 g/mol. The van der Waals surface area contributed by atoms with Gasteiger partial charge >= 0.3 is 0 Å². The van der Waals surface area contributed by atoms with Crippen LogP contribution in [-0.2, 0) is 0 Å². The predicted molar refractivity (Wildman–Crippen MR) is 44.1 cm³/mol. The van der Waals surface area contributed by atoms with Crippen LogP contribution in [0.2, 0.25) is 0 Å². The summed E-state index contributed by atoms with van der Waals surface area (Å²) in [5.41, 5.74) is 6.49. The van der Waals surface area contributed by atoms with Crippen LogP contribution in [0.25, 0.3) is 0 Å². The molecule has 0 saturated carbocycles. The molecular formula is C7H11ClN2. The number of hydrogen-bond acceptors (Lipinski definition) is 2. The molecule has 0 amide bonds. The van der Waals surface area contributed by atoms with E-state index in [0.29, 0.717) is 0 Å². The Morgan fingerprint density at radius 1 is 1.50 bits per heavy atom. The zero-order chi connectivity index (χ0) is 6.69. The molecule has 1 aromatic rings. The average molecular weight is 159 g/mol. The normalized spacial score (nSPS) is 11.8. The summed E-state index contributed by atoms with van der Waals surface area (Å²) in [6, 6.07) is 5.79. The van der Waals surface area contributed by atoms with Crippen LogP contribution in [0.3, 0.4) is 0 Å². The number of pyridine rings is 1. The van der Waals surface area contributed by atoms with Gasteiger partial charge in [0.2, 0.25) is 0 Å². The van der Waals surface area contributed by atoms with Crippen molar-refractivity contribution in [1.82, 2.24) is 4.98 Å². The molecule has 1 rings (SSSR count). The van der Waals surface area contributed by atoms with Crippen molar-refractivity contribution in [3.8, 4) is 0 Å². The number of hydrogen-bond donors (Lipinski definition) is 1. The Labute approximate surface area is 66.9 Å². The molecule has 56 valence electrons. The van der Waals surface area contributed by atoms with E-state index in [9.17, 15) is 0 Å². The smallest absolute Gasteiger partial charge is 0.0568 e. The van der Waals surface area contributed by atoms with Gasteiger partial charge in [0.15, 0.2) is 0 Å². The summed E-state index contributed by atoms with van der Waals surface area (Å²) in [5.74, 6) is 0. The average Bonchev–Trinajstić information content (AvgIpc) is 1.90. The van der Waals surface area contributed by atoms with Crippen LogP contribution in [-0.4, -0.2) is 4.98 Å². The van der Waals surface area contributed by atoms with Crippen LogP contribution in [0.1, 0.15) is 18.7 Å². The first-order valence-electron chi connectivity index (χ1n) is 2.97. The molecule has 2 N–H and O–H groups in total. The molecule has 0 aromatic carbocycles. The topological polar surface area (TPSA) is 38.9 Å². The van der Waals surface area contributed by atoms with E-state index in [2.05, 4.69) is 4.98 Å². The Bertz CT molecular complexity index is 174. The van der Waals surface area contributed by atoms with Crippen LogP contribution < -0.4 is 5.73 Å². The van der Waals surface area contributed by atoms with E-state index in [1.54, 1.807) is 6.20 Å². The van der Waals surface area contributed by atoms with Gasteiger partial charge in [-0.25, -0.2) is 0 Å². The van der Waals surface area contributed by atoms with E-state index in [1.165, 1.54) is 0 Å². The third kappa shape index (κ3) is 2.33. The lowest BCUT2D eigenvalue weighted by atomic mass is 10.2. The highest BCUT2D eigenvalue weighted by atomic mass is 35.5. The number of aromatic nitrogens is 1. The largest absolute Gasteiger partial charge is 0.323 e. The fourth-order valence-electron chi connectivity index (χ4n) is 0.645. The number of nitrogens with two attached hydrogens (primary N) is 1. The van der Waals surface area contributed by atoms with E-state index in [1.807, 2.05) is 25.1 Å². The van der Waals surface area contributed by atoms with E-state index in [4.69, 9.17) is 5.73 Å². The van der Waals surface area contributed by atoms with Gasteiger partial charge in [0.1, 0.15) is 0 Å². The molecule has 0 saturated heterocycles. The Morgan fingerprint density at radius 2 is 2.20 bits per heavy atom. The molecule has 0 spiro atoms.